The third-order valence-corrected chi connectivity index (χ3v) is 2.19. The molecule has 0 aliphatic heterocycles. The summed E-state index contributed by atoms with van der Waals surface area (Å²) in [6.07, 6.45) is -0.136. The van der Waals surface area contributed by atoms with Gasteiger partial charge in [0, 0.05) is 6.07 Å². The molecule has 4 nitrogen and oxygen atoms in total. The van der Waals surface area contributed by atoms with E-state index in [1.807, 2.05) is 0 Å². The van der Waals surface area contributed by atoms with E-state index in [1.165, 1.54) is 6.07 Å². The van der Waals surface area contributed by atoms with E-state index in [0.717, 1.165) is 6.07 Å². The lowest BCUT2D eigenvalue weighted by Crippen LogP contribution is -2.06. The number of ether oxygens (including phenoxy) is 1. The van der Waals surface area contributed by atoms with Crippen molar-refractivity contribution in [2.75, 3.05) is 12.3 Å². The van der Waals surface area contributed by atoms with Crippen LogP contribution in [-0.2, 0) is 4.79 Å². The summed E-state index contributed by atoms with van der Waals surface area (Å²) in [6, 6.07) is 2.31. The number of carbonyl (C=O) groups is 1. The summed E-state index contributed by atoms with van der Waals surface area (Å²) in [7, 11) is 0. The lowest BCUT2D eigenvalue weighted by Gasteiger charge is -2.09. The molecule has 15 heavy (non-hydrogen) atoms. The van der Waals surface area contributed by atoms with E-state index >= 15 is 0 Å². The van der Waals surface area contributed by atoms with Crippen LogP contribution >= 0.6 is 15.9 Å². The van der Waals surface area contributed by atoms with Gasteiger partial charge in [-0.3, -0.25) is 4.79 Å². The van der Waals surface area contributed by atoms with Crippen LogP contribution < -0.4 is 10.5 Å². The van der Waals surface area contributed by atoms with E-state index in [2.05, 4.69) is 15.9 Å². The first-order valence-electron chi connectivity index (χ1n) is 4.10. The number of rotatable bonds is 4. The third kappa shape index (κ3) is 3.39. The summed E-state index contributed by atoms with van der Waals surface area (Å²) in [4.78, 5) is 10.2. The summed E-state index contributed by atoms with van der Waals surface area (Å²) in [5.41, 5.74) is 5.63. The zero-order chi connectivity index (χ0) is 11.4. The van der Waals surface area contributed by atoms with Crippen molar-refractivity contribution in [3.63, 3.8) is 0 Å². The Labute approximate surface area is 94.0 Å². The van der Waals surface area contributed by atoms with Crippen LogP contribution in [0.15, 0.2) is 16.6 Å². The molecule has 3 N–H and O–H groups in total. The molecule has 0 spiro atoms. The molecule has 0 amide bonds. The molecule has 0 atom stereocenters. The monoisotopic (exact) mass is 277 g/mol. The predicted octanol–water partition coefficient (Wildman–Crippen LogP) is 2.02. The molecule has 0 saturated carbocycles. The fraction of sp³-hybridized carbons (Fsp3) is 0.222. The standard InChI is InChI=1S/C9H9BrFNO3/c10-6-3-5(11)4-7(12)9(6)15-2-1-8(13)14/h3-4H,1-2,12H2,(H,13,14). The molecule has 82 valence electrons. The van der Waals surface area contributed by atoms with Crippen molar-refractivity contribution in [2.45, 2.75) is 6.42 Å². The highest BCUT2D eigenvalue weighted by molar-refractivity contribution is 9.10. The van der Waals surface area contributed by atoms with Gasteiger partial charge in [-0.05, 0) is 22.0 Å². The van der Waals surface area contributed by atoms with E-state index in [1.54, 1.807) is 0 Å². The molecule has 0 radical (unpaired) electrons. The Balaban J connectivity index is 2.72. The number of carboxylic acids is 1. The number of nitrogens with two attached hydrogens (primary N) is 1. The van der Waals surface area contributed by atoms with Gasteiger partial charge < -0.3 is 15.6 Å². The minimum Gasteiger partial charge on any atom is -0.490 e. The highest BCUT2D eigenvalue weighted by Crippen LogP contribution is 2.32. The first kappa shape index (κ1) is 11.8. The Morgan fingerprint density at radius 2 is 2.27 bits per heavy atom. The molecule has 0 unspecified atom stereocenters. The maximum absolute atomic E-state index is 12.8. The summed E-state index contributed by atoms with van der Waals surface area (Å²) >= 11 is 3.07. The Morgan fingerprint density at radius 1 is 1.60 bits per heavy atom. The van der Waals surface area contributed by atoms with Crippen molar-refractivity contribution in [3.05, 3.63) is 22.4 Å². The number of aliphatic carboxylic acids is 1. The van der Waals surface area contributed by atoms with Gasteiger partial charge in [-0.15, -0.1) is 0 Å². The van der Waals surface area contributed by atoms with Crippen LogP contribution in [0.4, 0.5) is 10.1 Å². The smallest absolute Gasteiger partial charge is 0.306 e. The van der Waals surface area contributed by atoms with Crippen LogP contribution in [0.25, 0.3) is 0 Å². The fourth-order valence-corrected chi connectivity index (χ4v) is 1.54. The highest BCUT2D eigenvalue weighted by Gasteiger charge is 2.09. The lowest BCUT2D eigenvalue weighted by atomic mass is 10.3. The van der Waals surface area contributed by atoms with Crippen molar-refractivity contribution in [1.82, 2.24) is 0 Å². The Hall–Kier alpha value is -1.30. The Morgan fingerprint density at radius 3 is 2.80 bits per heavy atom. The molecule has 1 rings (SSSR count). The average molecular weight is 278 g/mol. The third-order valence-electron chi connectivity index (χ3n) is 1.60. The Bertz CT molecular complexity index is 361. The summed E-state index contributed by atoms with van der Waals surface area (Å²) in [6.45, 7) is -0.0102. The van der Waals surface area contributed by atoms with Gasteiger partial charge in [-0.1, -0.05) is 0 Å². The van der Waals surface area contributed by atoms with Gasteiger partial charge in [0.15, 0.2) is 5.75 Å². The number of carboxylic acid groups (broad SMARTS) is 1. The maximum atomic E-state index is 12.8. The molecule has 0 aliphatic carbocycles. The summed E-state index contributed by atoms with van der Waals surface area (Å²) in [5.74, 6) is -1.19. The van der Waals surface area contributed by atoms with Gasteiger partial charge in [-0.25, -0.2) is 4.39 Å². The first-order chi connectivity index (χ1) is 7.00. The van der Waals surface area contributed by atoms with Crippen LogP contribution in [0.1, 0.15) is 6.42 Å². The van der Waals surface area contributed by atoms with Crippen molar-refractivity contribution in [3.8, 4) is 5.75 Å². The normalized spacial score (nSPS) is 10.0. The molecule has 0 heterocycles. The number of benzene rings is 1. The highest BCUT2D eigenvalue weighted by atomic mass is 79.9. The molecule has 1 aromatic rings. The molecule has 6 heteroatoms. The van der Waals surface area contributed by atoms with Crippen LogP contribution in [0, 0.1) is 5.82 Å². The average Bonchev–Trinajstić information content (AvgIpc) is 2.08. The van der Waals surface area contributed by atoms with Crippen molar-refractivity contribution < 1.29 is 19.0 Å². The summed E-state index contributed by atoms with van der Waals surface area (Å²) in [5, 5.41) is 8.39. The quantitative estimate of drug-likeness (QED) is 0.826. The second-order valence-electron chi connectivity index (χ2n) is 2.80. The summed E-state index contributed by atoms with van der Waals surface area (Å²) < 4.78 is 18.3. The number of hydrogen-bond acceptors (Lipinski definition) is 3. The SMILES string of the molecule is Nc1cc(F)cc(Br)c1OCCC(=O)O. The fourth-order valence-electron chi connectivity index (χ4n) is 0.973. The number of hydrogen-bond donors (Lipinski definition) is 2. The largest absolute Gasteiger partial charge is 0.490 e. The minimum atomic E-state index is -0.966. The maximum Gasteiger partial charge on any atom is 0.306 e. The molecular weight excluding hydrogens is 269 g/mol. The zero-order valence-electron chi connectivity index (χ0n) is 7.67. The first-order valence-corrected chi connectivity index (χ1v) is 4.89. The topological polar surface area (TPSA) is 72.5 Å². The molecular formula is C9H9BrFNO3. The van der Waals surface area contributed by atoms with Crippen molar-refractivity contribution in [2.24, 2.45) is 0 Å². The molecule has 0 bridgehead atoms. The van der Waals surface area contributed by atoms with Crippen molar-refractivity contribution >= 4 is 27.6 Å². The molecule has 0 aliphatic rings. The molecule has 0 saturated heterocycles. The molecule has 1 aromatic carbocycles. The van der Waals surface area contributed by atoms with Gasteiger partial charge >= 0.3 is 5.97 Å². The number of nitrogen functional groups attached to an aromatic ring is 1. The van der Waals surface area contributed by atoms with E-state index in [9.17, 15) is 9.18 Å². The van der Waals surface area contributed by atoms with Crippen LogP contribution in [0.5, 0.6) is 5.75 Å². The van der Waals surface area contributed by atoms with Gasteiger partial charge in [-0.2, -0.15) is 0 Å². The predicted molar refractivity (Wildman–Crippen MR) is 56.3 cm³/mol. The second-order valence-corrected chi connectivity index (χ2v) is 3.65. The zero-order valence-corrected chi connectivity index (χ0v) is 9.25. The van der Waals surface area contributed by atoms with Gasteiger partial charge in [0.25, 0.3) is 0 Å². The van der Waals surface area contributed by atoms with E-state index in [4.69, 9.17) is 15.6 Å². The van der Waals surface area contributed by atoms with Crippen LogP contribution in [0.2, 0.25) is 0 Å². The lowest BCUT2D eigenvalue weighted by molar-refractivity contribution is -0.137. The molecule has 0 aromatic heterocycles. The van der Waals surface area contributed by atoms with E-state index in [-0.39, 0.29) is 24.5 Å². The van der Waals surface area contributed by atoms with E-state index < -0.39 is 11.8 Å². The second kappa shape index (κ2) is 4.97. The minimum absolute atomic E-state index is 0.0102. The van der Waals surface area contributed by atoms with Gasteiger partial charge in [0.1, 0.15) is 5.82 Å². The van der Waals surface area contributed by atoms with Crippen molar-refractivity contribution in [1.29, 1.82) is 0 Å². The molecule has 0 fully saturated rings. The number of halogens is 2. The van der Waals surface area contributed by atoms with Crippen LogP contribution in [-0.4, -0.2) is 17.7 Å². The van der Waals surface area contributed by atoms with Crippen LogP contribution in [0.3, 0.4) is 0 Å². The van der Waals surface area contributed by atoms with E-state index in [0.29, 0.717) is 4.47 Å². The number of anilines is 1. The van der Waals surface area contributed by atoms with Gasteiger partial charge in [0.2, 0.25) is 0 Å². The van der Waals surface area contributed by atoms with Gasteiger partial charge in [0.05, 0.1) is 23.2 Å². The Kier molecular flexibility index (Phi) is 3.90.